The third kappa shape index (κ3) is 4.46. The van der Waals surface area contributed by atoms with E-state index in [4.69, 9.17) is 12.2 Å². The van der Waals surface area contributed by atoms with Crippen molar-refractivity contribution in [3.63, 3.8) is 0 Å². The maximum atomic E-state index is 11.2. The zero-order valence-corrected chi connectivity index (χ0v) is 12.2. The van der Waals surface area contributed by atoms with Crippen LogP contribution in [0.25, 0.3) is 0 Å². The molecule has 0 spiro atoms. The Morgan fingerprint density at radius 2 is 2.18 bits per heavy atom. The highest BCUT2D eigenvalue weighted by Crippen LogP contribution is 2.23. The Morgan fingerprint density at radius 3 is 2.73 bits per heavy atom. The lowest BCUT2D eigenvalue weighted by molar-refractivity contribution is -0.570. The molecule has 0 aliphatic heterocycles. The van der Waals surface area contributed by atoms with Crippen LogP contribution < -0.4 is 16.2 Å². The molecule has 12 heteroatoms. The highest BCUT2D eigenvalue weighted by molar-refractivity contribution is 7.80. The van der Waals surface area contributed by atoms with Crippen LogP contribution in [0.1, 0.15) is 13.3 Å². The fourth-order valence-electron chi connectivity index (χ4n) is 1.55. The van der Waals surface area contributed by atoms with Gasteiger partial charge in [0.15, 0.2) is 5.11 Å². The van der Waals surface area contributed by atoms with Crippen molar-refractivity contribution in [2.75, 3.05) is 6.61 Å². The smallest absolute Gasteiger partial charge is 0.413 e. The lowest BCUT2D eigenvalue weighted by Gasteiger charge is -2.24. The molecule has 0 radical (unpaired) electrons. The summed E-state index contributed by atoms with van der Waals surface area (Å²) in [4.78, 5) is 31.7. The summed E-state index contributed by atoms with van der Waals surface area (Å²) in [7, 11) is 0. The quantitative estimate of drug-likeness (QED) is 0.278. The first-order valence-corrected chi connectivity index (χ1v) is 6.40. The lowest BCUT2D eigenvalue weighted by atomic mass is 10.00. The van der Waals surface area contributed by atoms with Gasteiger partial charge in [-0.1, -0.05) is 6.08 Å². The molecule has 0 aromatic rings. The molecule has 0 saturated heterocycles. The second-order valence-corrected chi connectivity index (χ2v) is 4.47. The molecule has 0 fully saturated rings. The van der Waals surface area contributed by atoms with E-state index < -0.39 is 28.0 Å². The van der Waals surface area contributed by atoms with Gasteiger partial charge in [-0.25, -0.2) is 4.79 Å². The number of nitrogens with one attached hydrogen (secondary N) is 3. The Bertz CT molecular complexity index is 562. The number of thiocarbonyl (C=S) groups is 1. The summed E-state index contributed by atoms with van der Waals surface area (Å²) in [5, 5.41) is 23.8. The maximum absolute atomic E-state index is 11.2. The van der Waals surface area contributed by atoms with E-state index in [9.17, 15) is 25.0 Å². The Hall–Kier alpha value is -2.60. The average molecular weight is 331 g/mol. The zero-order valence-electron chi connectivity index (χ0n) is 11.4. The standard InChI is InChI=1S/C10H13N5O6S/c1-2-21-9(16)11-8(22)12-13-10(15(19)20)5-3-4-7(6-10)14(17)18/h3-5,13H,2,6H2,1H3,(H2,11,12,16,22). The minimum absolute atomic E-state index is 0.125. The Kier molecular flexibility index (Phi) is 5.89. The summed E-state index contributed by atoms with van der Waals surface area (Å²) in [6.07, 6.45) is 2.17. The van der Waals surface area contributed by atoms with Crippen molar-refractivity contribution >= 4 is 23.4 Å². The number of hydrogen-bond donors (Lipinski definition) is 3. The highest BCUT2D eigenvalue weighted by Gasteiger charge is 2.46. The second kappa shape index (κ2) is 7.42. The van der Waals surface area contributed by atoms with E-state index in [1.54, 1.807) is 6.92 Å². The lowest BCUT2D eigenvalue weighted by Crippen LogP contribution is -2.60. The minimum Gasteiger partial charge on any atom is -0.450 e. The molecule has 0 heterocycles. The van der Waals surface area contributed by atoms with Gasteiger partial charge in [0.05, 0.1) is 11.5 Å². The number of allylic oxidation sites excluding steroid dienone is 2. The summed E-state index contributed by atoms with van der Waals surface area (Å²) in [6, 6.07) is 0. The van der Waals surface area contributed by atoms with Crippen molar-refractivity contribution in [2.24, 2.45) is 0 Å². The Labute approximate surface area is 129 Å². The van der Waals surface area contributed by atoms with E-state index in [0.717, 1.165) is 6.08 Å². The van der Waals surface area contributed by atoms with Crippen LogP contribution in [0, 0.1) is 20.2 Å². The van der Waals surface area contributed by atoms with Crippen LogP contribution in [0.4, 0.5) is 4.79 Å². The molecular formula is C10H13N5O6S. The van der Waals surface area contributed by atoms with Gasteiger partial charge < -0.3 is 4.74 Å². The summed E-state index contributed by atoms with van der Waals surface area (Å²) in [6.45, 7) is 1.72. The number of carbonyl (C=O) groups is 1. The third-order valence-corrected chi connectivity index (χ3v) is 2.76. The van der Waals surface area contributed by atoms with Gasteiger partial charge in [0.25, 0.3) is 5.70 Å². The van der Waals surface area contributed by atoms with Crippen molar-refractivity contribution in [1.82, 2.24) is 16.2 Å². The number of hydrogen-bond acceptors (Lipinski definition) is 8. The normalized spacial score (nSPS) is 19.8. The van der Waals surface area contributed by atoms with E-state index in [-0.39, 0.29) is 17.4 Å². The summed E-state index contributed by atoms with van der Waals surface area (Å²) >= 11 is 4.75. The molecule has 11 nitrogen and oxygen atoms in total. The number of rotatable bonds is 5. The molecule has 1 atom stereocenters. The van der Waals surface area contributed by atoms with Gasteiger partial charge in [-0.3, -0.25) is 31.0 Å². The molecular weight excluding hydrogens is 318 g/mol. The molecule has 120 valence electrons. The molecule has 1 rings (SSSR count). The van der Waals surface area contributed by atoms with Crippen LogP contribution in [-0.4, -0.2) is 33.3 Å². The van der Waals surface area contributed by atoms with Crippen molar-refractivity contribution in [2.45, 2.75) is 19.0 Å². The van der Waals surface area contributed by atoms with E-state index in [1.165, 1.54) is 12.2 Å². The summed E-state index contributed by atoms with van der Waals surface area (Å²) in [5.74, 6) is 0. The molecule has 22 heavy (non-hydrogen) atoms. The van der Waals surface area contributed by atoms with Crippen LogP contribution in [0.3, 0.4) is 0 Å². The first-order valence-electron chi connectivity index (χ1n) is 5.99. The zero-order chi connectivity index (χ0) is 16.8. The van der Waals surface area contributed by atoms with E-state index in [1.807, 2.05) is 0 Å². The Morgan fingerprint density at radius 1 is 1.50 bits per heavy atom. The van der Waals surface area contributed by atoms with E-state index in [2.05, 4.69) is 20.9 Å². The number of nitro groups is 2. The molecule has 0 saturated carbocycles. The van der Waals surface area contributed by atoms with Gasteiger partial charge in [-0.2, -0.15) is 5.43 Å². The monoisotopic (exact) mass is 331 g/mol. The molecule has 1 unspecified atom stereocenters. The van der Waals surface area contributed by atoms with Crippen molar-refractivity contribution in [3.8, 4) is 0 Å². The number of amides is 1. The van der Waals surface area contributed by atoms with Crippen LogP contribution in [0.2, 0.25) is 0 Å². The van der Waals surface area contributed by atoms with Gasteiger partial charge in [0, 0.05) is 17.1 Å². The van der Waals surface area contributed by atoms with E-state index in [0.29, 0.717) is 0 Å². The number of carbonyl (C=O) groups excluding carboxylic acids is 1. The van der Waals surface area contributed by atoms with Gasteiger partial charge in [0.1, 0.15) is 6.42 Å². The molecule has 0 bridgehead atoms. The first kappa shape index (κ1) is 17.5. The number of ether oxygens (including phenoxy) is 1. The second-order valence-electron chi connectivity index (χ2n) is 4.06. The van der Waals surface area contributed by atoms with Gasteiger partial charge >= 0.3 is 11.8 Å². The van der Waals surface area contributed by atoms with Crippen molar-refractivity contribution in [1.29, 1.82) is 0 Å². The topological polar surface area (TPSA) is 149 Å². The molecule has 0 aromatic carbocycles. The molecule has 0 aromatic heterocycles. The predicted octanol–water partition coefficient (Wildman–Crippen LogP) is 0.205. The van der Waals surface area contributed by atoms with Crippen LogP contribution in [0.15, 0.2) is 23.9 Å². The first-order chi connectivity index (χ1) is 10.3. The summed E-state index contributed by atoms with van der Waals surface area (Å²) < 4.78 is 4.57. The van der Waals surface area contributed by atoms with Crippen LogP contribution >= 0.6 is 12.2 Å². The molecule has 3 N–H and O–H groups in total. The SMILES string of the molecule is CCOC(=O)NC(=S)NNC1([N+](=O)[O-])C=CC=C([N+](=O)[O-])C1. The largest absolute Gasteiger partial charge is 0.450 e. The summed E-state index contributed by atoms with van der Waals surface area (Å²) in [5.41, 5.74) is 2.23. The van der Waals surface area contributed by atoms with Gasteiger partial charge in [0.2, 0.25) is 0 Å². The minimum atomic E-state index is -1.96. The fourth-order valence-corrected chi connectivity index (χ4v) is 1.69. The molecule has 1 amide bonds. The number of nitrogens with zero attached hydrogens (tertiary/aromatic N) is 2. The highest BCUT2D eigenvalue weighted by atomic mass is 32.1. The van der Waals surface area contributed by atoms with Crippen LogP contribution in [0.5, 0.6) is 0 Å². The maximum Gasteiger partial charge on any atom is 0.413 e. The molecule has 1 aliphatic rings. The fraction of sp³-hybridized carbons (Fsp3) is 0.400. The number of alkyl carbamates (subject to hydrolysis) is 1. The van der Waals surface area contributed by atoms with Crippen molar-refractivity contribution in [3.05, 3.63) is 44.2 Å². The van der Waals surface area contributed by atoms with E-state index >= 15 is 0 Å². The predicted molar refractivity (Wildman–Crippen MR) is 77.6 cm³/mol. The number of hydrazine groups is 1. The third-order valence-electron chi connectivity index (χ3n) is 2.56. The van der Waals surface area contributed by atoms with Gasteiger partial charge in [-0.15, -0.1) is 0 Å². The Balaban J connectivity index is 2.71. The molecule has 1 aliphatic carbocycles. The van der Waals surface area contributed by atoms with Gasteiger partial charge in [-0.05, 0) is 19.1 Å². The van der Waals surface area contributed by atoms with Crippen molar-refractivity contribution < 1.29 is 19.4 Å². The average Bonchev–Trinajstić information content (AvgIpc) is 2.45. The van der Waals surface area contributed by atoms with Crippen LogP contribution in [-0.2, 0) is 4.74 Å².